The summed E-state index contributed by atoms with van der Waals surface area (Å²) < 4.78 is 5.88. The first-order valence-corrected chi connectivity index (χ1v) is 10.0. The molecule has 8 heteroatoms. The molecule has 0 saturated carbocycles. The molecule has 3 aliphatic heterocycles. The van der Waals surface area contributed by atoms with Crippen LogP contribution >= 0.6 is 11.6 Å². The molecule has 0 aromatic heterocycles. The molecule has 2 unspecified atom stereocenters. The van der Waals surface area contributed by atoms with Crippen molar-refractivity contribution in [3.8, 4) is 0 Å². The van der Waals surface area contributed by atoms with Crippen LogP contribution in [-0.2, 0) is 16.0 Å². The van der Waals surface area contributed by atoms with E-state index in [4.69, 9.17) is 16.3 Å². The first-order chi connectivity index (χ1) is 14.5. The molecule has 3 aliphatic rings. The van der Waals surface area contributed by atoms with Crippen LogP contribution in [0.2, 0.25) is 5.02 Å². The van der Waals surface area contributed by atoms with Gasteiger partial charge in [-0.05, 0) is 36.2 Å². The molecular formula is C22H19ClN4O3. The Bertz CT molecular complexity index is 1070. The van der Waals surface area contributed by atoms with Gasteiger partial charge < -0.3 is 9.64 Å². The van der Waals surface area contributed by atoms with E-state index in [9.17, 15) is 9.59 Å². The van der Waals surface area contributed by atoms with Crippen LogP contribution in [0, 0.1) is 0 Å². The van der Waals surface area contributed by atoms with Crippen LogP contribution in [0.4, 0.5) is 4.79 Å². The lowest BCUT2D eigenvalue weighted by Crippen LogP contribution is -2.64. The molecule has 152 valence electrons. The molecule has 7 nitrogen and oxygen atoms in total. The highest BCUT2D eigenvalue weighted by atomic mass is 35.5. The molecule has 2 aromatic rings. The molecule has 3 amide bonds. The van der Waals surface area contributed by atoms with Gasteiger partial charge in [-0.1, -0.05) is 41.9 Å². The first kappa shape index (κ1) is 18.7. The number of amidine groups is 1. The number of urea groups is 1. The minimum Gasteiger partial charge on any atom is -0.423 e. The molecule has 2 aromatic carbocycles. The van der Waals surface area contributed by atoms with Gasteiger partial charge in [-0.2, -0.15) is 0 Å². The van der Waals surface area contributed by atoms with Gasteiger partial charge in [0.15, 0.2) is 18.0 Å². The average molecular weight is 423 g/mol. The normalized spacial score (nSPS) is 22.5. The van der Waals surface area contributed by atoms with Crippen molar-refractivity contribution in [2.24, 2.45) is 4.99 Å². The number of rotatable bonds is 4. The molecule has 1 fully saturated rings. The van der Waals surface area contributed by atoms with Crippen LogP contribution in [0.25, 0.3) is 5.76 Å². The maximum atomic E-state index is 13.3. The molecule has 0 aliphatic carbocycles. The molecule has 3 heterocycles. The zero-order valence-electron chi connectivity index (χ0n) is 16.2. The number of ether oxygens (including phenoxy) is 1. The highest BCUT2D eigenvalue weighted by molar-refractivity contribution is 6.30. The van der Waals surface area contributed by atoms with E-state index in [0.717, 1.165) is 11.1 Å². The maximum absolute atomic E-state index is 13.3. The van der Waals surface area contributed by atoms with Crippen LogP contribution < -0.4 is 0 Å². The van der Waals surface area contributed by atoms with Gasteiger partial charge in [0, 0.05) is 24.2 Å². The lowest BCUT2D eigenvalue weighted by molar-refractivity contribution is -0.136. The molecule has 0 radical (unpaired) electrons. The lowest BCUT2D eigenvalue weighted by Gasteiger charge is -2.39. The topological polar surface area (TPSA) is 65.5 Å². The number of hydrogen-bond acceptors (Lipinski definition) is 5. The molecule has 30 heavy (non-hydrogen) atoms. The zero-order chi connectivity index (χ0) is 20.8. The van der Waals surface area contributed by atoms with Gasteiger partial charge >= 0.3 is 6.03 Å². The van der Waals surface area contributed by atoms with E-state index in [2.05, 4.69) is 4.99 Å². The van der Waals surface area contributed by atoms with Crippen LogP contribution in [0.1, 0.15) is 11.1 Å². The molecule has 0 bridgehead atoms. The summed E-state index contributed by atoms with van der Waals surface area (Å²) in [7, 11) is 1.66. The number of halogens is 1. The van der Waals surface area contributed by atoms with E-state index in [0.29, 0.717) is 29.8 Å². The summed E-state index contributed by atoms with van der Waals surface area (Å²) in [4.78, 5) is 35.1. The van der Waals surface area contributed by atoms with Crippen molar-refractivity contribution in [1.29, 1.82) is 0 Å². The third kappa shape index (κ3) is 3.02. The summed E-state index contributed by atoms with van der Waals surface area (Å²) in [5.41, 5.74) is 1.90. The molecule has 2 atom stereocenters. The Morgan fingerprint density at radius 1 is 1.07 bits per heavy atom. The van der Waals surface area contributed by atoms with Gasteiger partial charge in [0.2, 0.25) is 0 Å². The number of hydrogen-bond donors (Lipinski definition) is 0. The fourth-order valence-electron chi connectivity index (χ4n) is 3.92. The van der Waals surface area contributed by atoms with Crippen molar-refractivity contribution < 1.29 is 14.3 Å². The van der Waals surface area contributed by atoms with Crippen molar-refractivity contribution in [1.82, 2.24) is 14.7 Å². The molecule has 0 N–H and O–H groups in total. The lowest BCUT2D eigenvalue weighted by atomic mass is 10.1. The van der Waals surface area contributed by atoms with Gasteiger partial charge in [-0.25, -0.2) is 9.79 Å². The van der Waals surface area contributed by atoms with Gasteiger partial charge in [-0.3, -0.25) is 14.6 Å². The van der Waals surface area contributed by atoms with E-state index in [-0.39, 0.29) is 11.9 Å². The second kappa shape index (κ2) is 7.18. The second-order valence-corrected chi connectivity index (χ2v) is 7.84. The number of carbonyl (C=O) groups is 2. The SMILES string of the molecule is CN1C(=O)N(CCc2ccccc2)C(=O)C2C1N=C1OC(c3ccc(Cl)cc3)=CN12. The van der Waals surface area contributed by atoms with E-state index < -0.39 is 12.2 Å². The number of benzene rings is 2. The minimum atomic E-state index is -0.636. The van der Waals surface area contributed by atoms with Crippen molar-refractivity contribution >= 4 is 35.3 Å². The maximum Gasteiger partial charge on any atom is 0.328 e. The van der Waals surface area contributed by atoms with E-state index in [1.54, 1.807) is 30.3 Å². The highest BCUT2D eigenvalue weighted by Gasteiger charge is 2.54. The summed E-state index contributed by atoms with van der Waals surface area (Å²) in [5, 5.41) is 0.631. The number of nitrogens with zero attached hydrogens (tertiary/aromatic N) is 4. The Morgan fingerprint density at radius 2 is 1.80 bits per heavy atom. The first-order valence-electron chi connectivity index (χ1n) is 9.67. The van der Waals surface area contributed by atoms with Crippen LogP contribution in [-0.4, -0.2) is 58.5 Å². The average Bonchev–Trinajstić information content (AvgIpc) is 3.32. The Morgan fingerprint density at radius 3 is 2.53 bits per heavy atom. The molecule has 5 rings (SSSR count). The van der Waals surface area contributed by atoms with Gasteiger partial charge in [-0.15, -0.1) is 0 Å². The Kier molecular flexibility index (Phi) is 4.47. The van der Waals surface area contributed by atoms with E-state index >= 15 is 0 Å². The minimum absolute atomic E-state index is 0.269. The number of carbonyl (C=O) groups excluding carboxylic acids is 2. The van der Waals surface area contributed by atoms with Gasteiger partial charge in [0.05, 0.1) is 6.20 Å². The Labute approximate surface area is 178 Å². The fraction of sp³-hybridized carbons (Fsp3) is 0.227. The number of fused-ring (bicyclic) bond motifs is 3. The predicted molar refractivity (Wildman–Crippen MR) is 112 cm³/mol. The Balaban J connectivity index is 1.39. The molecule has 1 saturated heterocycles. The summed E-state index contributed by atoms with van der Waals surface area (Å²) in [6.07, 6.45) is 1.76. The number of imide groups is 1. The third-order valence-electron chi connectivity index (χ3n) is 5.55. The van der Waals surface area contributed by atoms with Crippen molar-refractivity contribution in [2.45, 2.75) is 18.6 Å². The van der Waals surface area contributed by atoms with Crippen molar-refractivity contribution in [3.63, 3.8) is 0 Å². The largest absolute Gasteiger partial charge is 0.423 e. The number of amides is 3. The van der Waals surface area contributed by atoms with Crippen LogP contribution in [0.3, 0.4) is 0 Å². The standard InChI is InChI=1S/C22H19ClN4O3/c1-25-19-18(20(28)26(22(25)29)12-11-14-5-3-2-4-6-14)27-13-17(30-21(27)24-19)15-7-9-16(23)10-8-15/h2-10,13,18-19H,11-12H2,1H3. The summed E-state index contributed by atoms with van der Waals surface area (Å²) in [6.45, 7) is 0.313. The van der Waals surface area contributed by atoms with E-state index in [1.807, 2.05) is 42.5 Å². The quantitative estimate of drug-likeness (QED) is 0.759. The third-order valence-corrected chi connectivity index (χ3v) is 5.80. The summed E-state index contributed by atoms with van der Waals surface area (Å²) >= 11 is 5.96. The highest BCUT2D eigenvalue weighted by Crippen LogP contribution is 2.35. The monoisotopic (exact) mass is 422 g/mol. The van der Waals surface area contributed by atoms with Crippen molar-refractivity contribution in [2.75, 3.05) is 13.6 Å². The summed E-state index contributed by atoms with van der Waals surface area (Å²) in [6, 6.07) is 16.4. The smallest absolute Gasteiger partial charge is 0.328 e. The molecule has 0 spiro atoms. The molecular weight excluding hydrogens is 404 g/mol. The van der Waals surface area contributed by atoms with Crippen LogP contribution in [0.5, 0.6) is 0 Å². The second-order valence-electron chi connectivity index (χ2n) is 7.40. The zero-order valence-corrected chi connectivity index (χ0v) is 17.0. The predicted octanol–water partition coefficient (Wildman–Crippen LogP) is 3.17. The van der Waals surface area contributed by atoms with Crippen molar-refractivity contribution in [3.05, 3.63) is 76.9 Å². The van der Waals surface area contributed by atoms with Crippen LogP contribution in [0.15, 0.2) is 65.8 Å². The fourth-order valence-corrected chi connectivity index (χ4v) is 4.05. The van der Waals surface area contributed by atoms with Gasteiger partial charge in [0.25, 0.3) is 11.9 Å². The summed E-state index contributed by atoms with van der Waals surface area (Å²) in [5.74, 6) is 0.321. The Hall–Kier alpha value is -3.32. The number of likely N-dealkylation sites (N-methyl/N-ethyl adjacent to an activating group) is 1. The number of aliphatic imine (C=N–C) groups is 1. The van der Waals surface area contributed by atoms with E-state index in [1.165, 1.54) is 9.80 Å². The van der Waals surface area contributed by atoms with Gasteiger partial charge in [0.1, 0.15) is 0 Å².